The van der Waals surface area contributed by atoms with Crippen LogP contribution >= 0.6 is 0 Å². The van der Waals surface area contributed by atoms with E-state index in [2.05, 4.69) is 5.32 Å². The number of morpholine rings is 1. The lowest BCUT2D eigenvalue weighted by Gasteiger charge is -2.36. The predicted octanol–water partition coefficient (Wildman–Crippen LogP) is 0.701. The third kappa shape index (κ3) is 4.52. The van der Waals surface area contributed by atoms with Crippen LogP contribution in [-0.4, -0.2) is 75.4 Å². The Kier molecular flexibility index (Phi) is 6.65. The fourth-order valence-corrected chi connectivity index (χ4v) is 5.09. The summed E-state index contributed by atoms with van der Waals surface area (Å²) < 4.78 is 38.4. The molecule has 0 aliphatic carbocycles. The van der Waals surface area contributed by atoms with Crippen LogP contribution in [0.2, 0.25) is 0 Å². The van der Waals surface area contributed by atoms with Crippen LogP contribution in [0, 0.1) is 5.92 Å². The molecule has 1 amide bonds. The van der Waals surface area contributed by atoms with Crippen LogP contribution in [0.1, 0.15) is 23.2 Å². The molecule has 1 N–H and O–H groups in total. The van der Waals surface area contributed by atoms with Gasteiger partial charge in [-0.2, -0.15) is 17.0 Å². The van der Waals surface area contributed by atoms with Crippen molar-refractivity contribution in [3.05, 3.63) is 29.8 Å². The first-order valence-corrected chi connectivity index (χ1v) is 10.6. The molecule has 1 atom stereocenters. The van der Waals surface area contributed by atoms with E-state index in [-0.39, 0.29) is 18.0 Å². The van der Waals surface area contributed by atoms with Crippen LogP contribution in [0.5, 0.6) is 0 Å². The van der Waals surface area contributed by atoms with Crippen LogP contribution in [0.25, 0.3) is 0 Å². The topological polar surface area (TPSA) is 105 Å². The van der Waals surface area contributed by atoms with E-state index in [4.69, 9.17) is 9.47 Å². The Labute approximate surface area is 164 Å². The third-order valence-corrected chi connectivity index (χ3v) is 6.97. The fourth-order valence-electron chi connectivity index (χ4n) is 3.42. The molecule has 154 valence electrons. The number of esters is 1. The molecule has 10 heteroatoms. The molecule has 0 radical (unpaired) electrons. The average Bonchev–Trinajstić information content (AvgIpc) is 2.74. The number of para-hydroxylation sites is 1. The van der Waals surface area contributed by atoms with Gasteiger partial charge in [0.05, 0.1) is 37.5 Å². The molecule has 1 aromatic rings. The van der Waals surface area contributed by atoms with Crippen molar-refractivity contribution in [1.29, 1.82) is 0 Å². The summed E-state index contributed by atoms with van der Waals surface area (Å²) in [6, 6.07) is 6.57. The summed E-state index contributed by atoms with van der Waals surface area (Å²) in [6.07, 6.45) is 1.18. The number of rotatable bonds is 5. The van der Waals surface area contributed by atoms with Crippen LogP contribution in [-0.2, 0) is 24.5 Å². The molecule has 0 bridgehead atoms. The molecule has 0 spiro atoms. The van der Waals surface area contributed by atoms with E-state index in [1.807, 2.05) is 0 Å². The molecule has 2 aliphatic rings. The van der Waals surface area contributed by atoms with Crippen LogP contribution < -0.4 is 5.32 Å². The quantitative estimate of drug-likeness (QED) is 0.715. The highest BCUT2D eigenvalue weighted by Crippen LogP contribution is 2.24. The zero-order valence-electron chi connectivity index (χ0n) is 15.8. The molecular weight excluding hydrogens is 386 g/mol. The van der Waals surface area contributed by atoms with Gasteiger partial charge in [0, 0.05) is 26.2 Å². The molecule has 9 nitrogen and oxygen atoms in total. The van der Waals surface area contributed by atoms with Gasteiger partial charge in [0.15, 0.2) is 0 Å². The van der Waals surface area contributed by atoms with Gasteiger partial charge in [-0.15, -0.1) is 0 Å². The number of ether oxygens (including phenoxy) is 2. The first kappa shape index (κ1) is 20.7. The van der Waals surface area contributed by atoms with Crippen molar-refractivity contribution in [2.45, 2.75) is 12.8 Å². The van der Waals surface area contributed by atoms with Crippen molar-refractivity contribution in [2.75, 3.05) is 51.8 Å². The lowest BCUT2D eigenvalue weighted by Crippen LogP contribution is -2.52. The summed E-state index contributed by atoms with van der Waals surface area (Å²) in [7, 11) is -2.34. The van der Waals surface area contributed by atoms with Gasteiger partial charge < -0.3 is 14.8 Å². The number of nitrogens with zero attached hydrogens (tertiary/aromatic N) is 2. The highest BCUT2D eigenvalue weighted by Gasteiger charge is 2.36. The molecule has 1 aromatic carbocycles. The van der Waals surface area contributed by atoms with Crippen LogP contribution in [0.3, 0.4) is 0 Å². The Morgan fingerprint density at radius 2 is 1.86 bits per heavy atom. The number of methoxy groups -OCH3 is 1. The molecule has 2 fully saturated rings. The number of carbonyl (C=O) groups excluding carboxylic acids is 2. The van der Waals surface area contributed by atoms with E-state index >= 15 is 0 Å². The van der Waals surface area contributed by atoms with E-state index in [1.165, 1.54) is 15.7 Å². The van der Waals surface area contributed by atoms with Gasteiger partial charge in [0.1, 0.15) is 0 Å². The molecule has 3 rings (SSSR count). The number of nitrogens with one attached hydrogen (secondary N) is 1. The van der Waals surface area contributed by atoms with Crippen LogP contribution in [0.15, 0.2) is 24.3 Å². The maximum Gasteiger partial charge on any atom is 0.339 e. The van der Waals surface area contributed by atoms with Gasteiger partial charge in [0.2, 0.25) is 5.91 Å². The average molecular weight is 411 g/mol. The summed E-state index contributed by atoms with van der Waals surface area (Å²) in [6.45, 7) is 1.90. The summed E-state index contributed by atoms with van der Waals surface area (Å²) in [5, 5.41) is 2.75. The fraction of sp³-hybridized carbons (Fsp3) is 0.556. The second-order valence-electron chi connectivity index (χ2n) is 6.74. The van der Waals surface area contributed by atoms with Gasteiger partial charge in [-0.1, -0.05) is 12.1 Å². The molecule has 1 unspecified atom stereocenters. The number of carbonyl (C=O) groups is 2. The van der Waals surface area contributed by atoms with Gasteiger partial charge in [0.25, 0.3) is 10.2 Å². The van der Waals surface area contributed by atoms with E-state index < -0.39 is 22.1 Å². The molecule has 0 aromatic heterocycles. The normalized spacial score (nSPS) is 21.8. The van der Waals surface area contributed by atoms with Gasteiger partial charge in [-0.3, -0.25) is 4.79 Å². The van der Waals surface area contributed by atoms with E-state index in [1.54, 1.807) is 24.3 Å². The van der Waals surface area contributed by atoms with Crippen molar-refractivity contribution in [1.82, 2.24) is 8.61 Å². The number of hydrogen-bond donors (Lipinski definition) is 1. The summed E-state index contributed by atoms with van der Waals surface area (Å²) in [5.41, 5.74) is 0.611. The highest BCUT2D eigenvalue weighted by atomic mass is 32.2. The molecule has 2 heterocycles. The lowest BCUT2D eigenvalue weighted by atomic mass is 9.98. The lowest BCUT2D eigenvalue weighted by molar-refractivity contribution is -0.120. The minimum atomic E-state index is -3.62. The van der Waals surface area contributed by atoms with Gasteiger partial charge in [-0.25, -0.2) is 4.79 Å². The zero-order chi connectivity index (χ0) is 20.1. The Hall–Kier alpha value is -2.01. The van der Waals surface area contributed by atoms with E-state index in [9.17, 15) is 18.0 Å². The van der Waals surface area contributed by atoms with Gasteiger partial charge >= 0.3 is 5.97 Å². The number of amides is 1. The first-order chi connectivity index (χ1) is 13.4. The number of piperidine rings is 1. The van der Waals surface area contributed by atoms with Crippen molar-refractivity contribution in [3.63, 3.8) is 0 Å². The number of anilines is 1. The minimum Gasteiger partial charge on any atom is -0.465 e. The standard InChI is InChI=1S/C18H25N3O6S/c1-26-18(23)15-6-2-3-7-16(15)19-17(22)14-5-4-8-21(13-14)28(24,25)20-9-11-27-12-10-20/h2-3,6-7,14H,4-5,8-13H2,1H3,(H,19,22). The van der Waals surface area contributed by atoms with Crippen molar-refractivity contribution >= 4 is 27.8 Å². The minimum absolute atomic E-state index is 0.117. The molecular formula is C18H25N3O6S. The molecule has 2 aliphatic heterocycles. The smallest absolute Gasteiger partial charge is 0.339 e. The van der Waals surface area contributed by atoms with Crippen molar-refractivity contribution in [3.8, 4) is 0 Å². The summed E-state index contributed by atoms with van der Waals surface area (Å²) >= 11 is 0. The zero-order valence-corrected chi connectivity index (χ0v) is 16.6. The molecule has 2 saturated heterocycles. The van der Waals surface area contributed by atoms with E-state index in [0.717, 1.165) is 0 Å². The maximum absolute atomic E-state index is 12.9. The van der Waals surface area contributed by atoms with Crippen LogP contribution in [0.4, 0.5) is 5.69 Å². The predicted molar refractivity (Wildman–Crippen MR) is 102 cm³/mol. The monoisotopic (exact) mass is 411 g/mol. The molecule has 28 heavy (non-hydrogen) atoms. The second-order valence-corrected chi connectivity index (χ2v) is 8.67. The Morgan fingerprint density at radius 1 is 1.14 bits per heavy atom. The third-order valence-electron chi connectivity index (χ3n) is 4.97. The summed E-state index contributed by atoms with van der Waals surface area (Å²) in [4.78, 5) is 24.6. The Bertz CT molecular complexity index is 822. The number of hydrogen-bond acceptors (Lipinski definition) is 6. The number of benzene rings is 1. The second kappa shape index (κ2) is 8.99. The highest BCUT2D eigenvalue weighted by molar-refractivity contribution is 7.86. The summed E-state index contributed by atoms with van der Waals surface area (Å²) in [5.74, 6) is -1.34. The largest absolute Gasteiger partial charge is 0.465 e. The maximum atomic E-state index is 12.9. The van der Waals surface area contributed by atoms with Crippen molar-refractivity contribution < 1.29 is 27.5 Å². The molecule has 0 saturated carbocycles. The van der Waals surface area contributed by atoms with Crippen molar-refractivity contribution in [2.24, 2.45) is 5.92 Å². The van der Waals surface area contributed by atoms with Gasteiger partial charge in [-0.05, 0) is 25.0 Å². The SMILES string of the molecule is COC(=O)c1ccccc1NC(=O)C1CCCN(S(=O)(=O)N2CCOCC2)C1. The van der Waals surface area contributed by atoms with E-state index in [0.29, 0.717) is 51.4 Å². The first-order valence-electron chi connectivity index (χ1n) is 9.24. The Balaban J connectivity index is 1.69. The Morgan fingerprint density at radius 3 is 2.57 bits per heavy atom.